The van der Waals surface area contributed by atoms with Gasteiger partial charge >= 0.3 is 5.97 Å². The molecule has 0 radical (unpaired) electrons. The average molecular weight is 234 g/mol. The third-order valence-corrected chi connectivity index (χ3v) is 3.41. The monoisotopic (exact) mass is 234 g/mol. The van der Waals surface area contributed by atoms with Crippen molar-refractivity contribution < 1.29 is 9.90 Å². The molecule has 1 N–H and O–H groups in total. The molecule has 0 bridgehead atoms. The molecular weight excluding hydrogens is 216 g/mol. The molecule has 0 unspecified atom stereocenters. The molecule has 1 saturated carbocycles. The van der Waals surface area contributed by atoms with E-state index in [1.165, 1.54) is 25.7 Å². The summed E-state index contributed by atoms with van der Waals surface area (Å²) in [5, 5.41) is 8.89. The Morgan fingerprint density at radius 3 is 2.88 bits per heavy atom. The molecule has 4 nitrogen and oxygen atoms in total. The van der Waals surface area contributed by atoms with E-state index < -0.39 is 5.97 Å². The second-order valence-corrected chi connectivity index (χ2v) is 4.74. The molecule has 17 heavy (non-hydrogen) atoms. The minimum absolute atomic E-state index is 0.112. The van der Waals surface area contributed by atoms with Gasteiger partial charge in [-0.2, -0.15) is 0 Å². The Kier molecular flexibility index (Phi) is 3.61. The first-order valence-corrected chi connectivity index (χ1v) is 6.07. The summed E-state index contributed by atoms with van der Waals surface area (Å²) < 4.78 is 0. The van der Waals surface area contributed by atoms with Crippen molar-refractivity contribution in [2.24, 2.45) is 5.92 Å². The Balaban J connectivity index is 2.04. The van der Waals surface area contributed by atoms with E-state index in [1.807, 2.05) is 13.1 Å². The molecule has 1 fully saturated rings. The number of aromatic carboxylic acids is 1. The van der Waals surface area contributed by atoms with Crippen molar-refractivity contribution in [3.05, 3.63) is 24.0 Å². The highest BCUT2D eigenvalue weighted by atomic mass is 16.4. The number of carbonyl (C=O) groups is 1. The number of nitrogens with zero attached hydrogens (tertiary/aromatic N) is 2. The van der Waals surface area contributed by atoms with Crippen LogP contribution in [0.4, 0.5) is 5.69 Å². The zero-order chi connectivity index (χ0) is 12.3. The smallest absolute Gasteiger partial charge is 0.354 e. The Labute approximate surface area is 101 Å². The summed E-state index contributed by atoms with van der Waals surface area (Å²) >= 11 is 0. The molecule has 0 spiro atoms. The molecule has 1 aromatic rings. The number of hydrogen-bond acceptors (Lipinski definition) is 3. The van der Waals surface area contributed by atoms with Crippen LogP contribution in [0.25, 0.3) is 0 Å². The van der Waals surface area contributed by atoms with Crippen LogP contribution in [-0.4, -0.2) is 29.7 Å². The minimum Gasteiger partial charge on any atom is -0.477 e. The normalized spacial score (nSPS) is 16.1. The molecule has 0 aliphatic heterocycles. The minimum atomic E-state index is -0.971. The van der Waals surface area contributed by atoms with Crippen LogP contribution >= 0.6 is 0 Å². The largest absolute Gasteiger partial charge is 0.477 e. The maximum Gasteiger partial charge on any atom is 0.354 e. The van der Waals surface area contributed by atoms with Gasteiger partial charge in [-0.1, -0.05) is 12.8 Å². The van der Waals surface area contributed by atoms with Crippen LogP contribution in [0, 0.1) is 5.92 Å². The Morgan fingerprint density at radius 1 is 1.53 bits per heavy atom. The third kappa shape index (κ3) is 2.96. The van der Waals surface area contributed by atoms with Crippen molar-refractivity contribution in [3.8, 4) is 0 Å². The second-order valence-electron chi connectivity index (χ2n) is 4.74. The van der Waals surface area contributed by atoms with Crippen molar-refractivity contribution >= 4 is 11.7 Å². The standard InChI is InChI=1S/C13H18N2O2/c1-15(9-10-4-2-3-5-10)11-6-7-14-12(8-11)13(16)17/h6-8,10H,2-5,9H2,1H3,(H,16,17). The van der Waals surface area contributed by atoms with E-state index in [0.717, 1.165) is 18.2 Å². The van der Waals surface area contributed by atoms with Crippen LogP contribution < -0.4 is 4.90 Å². The summed E-state index contributed by atoms with van der Waals surface area (Å²) in [4.78, 5) is 16.8. The molecule has 1 aliphatic carbocycles. The maximum atomic E-state index is 10.8. The van der Waals surface area contributed by atoms with Gasteiger partial charge in [-0.3, -0.25) is 0 Å². The van der Waals surface area contributed by atoms with E-state index in [1.54, 1.807) is 12.3 Å². The van der Waals surface area contributed by atoms with Crippen LogP contribution in [0.3, 0.4) is 0 Å². The lowest BCUT2D eigenvalue weighted by molar-refractivity contribution is 0.0690. The number of anilines is 1. The highest BCUT2D eigenvalue weighted by Crippen LogP contribution is 2.26. The van der Waals surface area contributed by atoms with Crippen LogP contribution in [-0.2, 0) is 0 Å². The molecule has 0 amide bonds. The Morgan fingerprint density at radius 2 is 2.24 bits per heavy atom. The molecule has 0 saturated heterocycles. The summed E-state index contributed by atoms with van der Waals surface area (Å²) in [6.45, 7) is 1.00. The van der Waals surface area contributed by atoms with Crippen LogP contribution in [0.2, 0.25) is 0 Å². The molecule has 1 heterocycles. The number of carboxylic acid groups (broad SMARTS) is 1. The first-order chi connectivity index (χ1) is 8.16. The van der Waals surface area contributed by atoms with E-state index in [2.05, 4.69) is 9.88 Å². The van der Waals surface area contributed by atoms with Crippen molar-refractivity contribution in [1.82, 2.24) is 4.98 Å². The predicted octanol–water partition coefficient (Wildman–Crippen LogP) is 2.41. The average Bonchev–Trinajstić information content (AvgIpc) is 2.82. The Bertz CT molecular complexity index is 400. The van der Waals surface area contributed by atoms with Gasteiger partial charge < -0.3 is 10.0 Å². The van der Waals surface area contributed by atoms with Gasteiger partial charge in [0.1, 0.15) is 5.69 Å². The summed E-state index contributed by atoms with van der Waals surface area (Å²) in [5.74, 6) is -0.220. The van der Waals surface area contributed by atoms with Gasteiger partial charge in [0.15, 0.2) is 0 Å². The Hall–Kier alpha value is -1.58. The van der Waals surface area contributed by atoms with Gasteiger partial charge in [0.25, 0.3) is 0 Å². The van der Waals surface area contributed by atoms with Crippen LogP contribution in [0.5, 0.6) is 0 Å². The number of rotatable bonds is 4. The van der Waals surface area contributed by atoms with Crippen LogP contribution in [0.15, 0.2) is 18.3 Å². The lowest BCUT2D eigenvalue weighted by atomic mass is 10.1. The van der Waals surface area contributed by atoms with Crippen molar-refractivity contribution in [2.75, 3.05) is 18.5 Å². The first kappa shape index (κ1) is 11.9. The maximum absolute atomic E-state index is 10.8. The highest BCUT2D eigenvalue weighted by Gasteiger charge is 2.17. The molecule has 92 valence electrons. The van der Waals surface area contributed by atoms with E-state index in [9.17, 15) is 4.79 Å². The summed E-state index contributed by atoms with van der Waals surface area (Å²) in [6.07, 6.45) is 6.80. The fraction of sp³-hybridized carbons (Fsp3) is 0.538. The van der Waals surface area contributed by atoms with Crippen molar-refractivity contribution in [3.63, 3.8) is 0 Å². The number of aromatic nitrogens is 1. The zero-order valence-electron chi connectivity index (χ0n) is 10.1. The number of carboxylic acids is 1. The fourth-order valence-electron chi connectivity index (χ4n) is 2.46. The van der Waals surface area contributed by atoms with Gasteiger partial charge in [-0.15, -0.1) is 0 Å². The summed E-state index contributed by atoms with van der Waals surface area (Å²) in [7, 11) is 2.01. The summed E-state index contributed by atoms with van der Waals surface area (Å²) in [6, 6.07) is 3.50. The van der Waals surface area contributed by atoms with E-state index >= 15 is 0 Å². The quantitative estimate of drug-likeness (QED) is 0.869. The molecule has 1 aliphatic rings. The van der Waals surface area contributed by atoms with E-state index in [4.69, 9.17) is 5.11 Å². The topological polar surface area (TPSA) is 53.4 Å². The summed E-state index contributed by atoms with van der Waals surface area (Å²) in [5.41, 5.74) is 1.05. The molecule has 2 rings (SSSR count). The van der Waals surface area contributed by atoms with Gasteiger partial charge in [0.05, 0.1) is 0 Å². The van der Waals surface area contributed by atoms with Gasteiger partial charge in [0.2, 0.25) is 0 Å². The van der Waals surface area contributed by atoms with Gasteiger partial charge in [-0.25, -0.2) is 9.78 Å². The fourth-order valence-corrected chi connectivity index (χ4v) is 2.46. The highest BCUT2D eigenvalue weighted by molar-refractivity contribution is 5.86. The van der Waals surface area contributed by atoms with Crippen molar-refractivity contribution in [2.45, 2.75) is 25.7 Å². The van der Waals surface area contributed by atoms with E-state index in [0.29, 0.717) is 0 Å². The molecule has 0 atom stereocenters. The van der Waals surface area contributed by atoms with Crippen LogP contribution in [0.1, 0.15) is 36.2 Å². The number of pyridine rings is 1. The molecule has 4 heteroatoms. The van der Waals surface area contributed by atoms with Crippen molar-refractivity contribution in [1.29, 1.82) is 0 Å². The van der Waals surface area contributed by atoms with E-state index in [-0.39, 0.29) is 5.69 Å². The van der Waals surface area contributed by atoms with Gasteiger partial charge in [-0.05, 0) is 30.9 Å². The first-order valence-electron chi connectivity index (χ1n) is 6.07. The second kappa shape index (κ2) is 5.17. The van der Waals surface area contributed by atoms with Gasteiger partial charge in [0, 0.05) is 25.5 Å². The predicted molar refractivity (Wildman–Crippen MR) is 66.4 cm³/mol. The zero-order valence-corrected chi connectivity index (χ0v) is 10.1. The third-order valence-electron chi connectivity index (χ3n) is 3.41. The molecule has 0 aromatic carbocycles. The molecule has 1 aromatic heterocycles. The lowest BCUT2D eigenvalue weighted by Crippen LogP contribution is -2.24. The lowest BCUT2D eigenvalue weighted by Gasteiger charge is -2.23. The SMILES string of the molecule is CN(CC1CCCC1)c1ccnc(C(=O)O)c1. The number of hydrogen-bond donors (Lipinski definition) is 1. The molecular formula is C13H18N2O2.